The number of rotatable bonds is 2. The minimum Gasteiger partial charge on any atom is -0.349 e. The Labute approximate surface area is 101 Å². The first-order chi connectivity index (χ1) is 7.99. The van der Waals surface area contributed by atoms with Gasteiger partial charge >= 0.3 is 0 Å². The Balaban J connectivity index is 2.49. The van der Waals surface area contributed by atoms with Crippen LogP contribution in [0.1, 0.15) is 29.9 Å². The highest BCUT2D eigenvalue weighted by Gasteiger charge is 2.13. The molecule has 0 aliphatic carbocycles. The van der Waals surface area contributed by atoms with E-state index in [0.717, 1.165) is 10.9 Å². The lowest BCUT2D eigenvalue weighted by Gasteiger charge is -2.09. The van der Waals surface area contributed by atoms with Crippen molar-refractivity contribution >= 4 is 16.8 Å². The fourth-order valence-corrected chi connectivity index (χ4v) is 1.99. The van der Waals surface area contributed by atoms with Crippen molar-refractivity contribution in [3.05, 3.63) is 35.5 Å². The van der Waals surface area contributed by atoms with Gasteiger partial charge in [0.25, 0.3) is 5.91 Å². The van der Waals surface area contributed by atoms with E-state index in [-0.39, 0.29) is 11.9 Å². The van der Waals surface area contributed by atoms with Crippen LogP contribution in [0.5, 0.6) is 0 Å². The number of carbonyl (C=O) groups is 1. The summed E-state index contributed by atoms with van der Waals surface area (Å²) in [6.45, 7) is 5.98. The van der Waals surface area contributed by atoms with Crippen LogP contribution in [-0.2, 0) is 7.05 Å². The lowest BCUT2D eigenvalue weighted by Crippen LogP contribution is -2.31. The first kappa shape index (κ1) is 11.7. The minimum absolute atomic E-state index is 0.0173. The summed E-state index contributed by atoms with van der Waals surface area (Å²) >= 11 is 0. The molecule has 0 spiro atoms. The number of carbonyl (C=O) groups excluding carboxylic acids is 1. The van der Waals surface area contributed by atoms with Gasteiger partial charge in [-0.05, 0) is 38.5 Å². The average molecular weight is 230 g/mol. The average Bonchev–Trinajstić information content (AvgIpc) is 2.55. The highest BCUT2D eigenvalue weighted by atomic mass is 16.2. The van der Waals surface area contributed by atoms with E-state index >= 15 is 0 Å². The molecule has 0 aliphatic rings. The molecule has 1 heterocycles. The molecule has 1 aromatic carbocycles. The summed E-state index contributed by atoms with van der Waals surface area (Å²) < 4.78 is 1.94. The maximum Gasteiger partial charge on any atom is 0.268 e. The molecule has 1 aromatic heterocycles. The van der Waals surface area contributed by atoms with Crippen molar-refractivity contribution in [3.63, 3.8) is 0 Å². The number of amides is 1. The molecule has 2 aromatic rings. The third kappa shape index (κ3) is 2.18. The second kappa shape index (κ2) is 4.24. The van der Waals surface area contributed by atoms with Gasteiger partial charge in [0.15, 0.2) is 0 Å². The smallest absolute Gasteiger partial charge is 0.268 e. The van der Waals surface area contributed by atoms with Gasteiger partial charge in [0.1, 0.15) is 5.69 Å². The number of aromatic nitrogens is 1. The summed E-state index contributed by atoms with van der Waals surface area (Å²) in [6, 6.07) is 8.30. The number of hydrogen-bond acceptors (Lipinski definition) is 1. The number of aryl methyl sites for hydroxylation is 2. The number of benzene rings is 1. The van der Waals surface area contributed by atoms with Crippen molar-refractivity contribution in [2.75, 3.05) is 0 Å². The van der Waals surface area contributed by atoms with Gasteiger partial charge in [-0.2, -0.15) is 0 Å². The number of hydrogen-bond donors (Lipinski definition) is 1. The summed E-state index contributed by atoms with van der Waals surface area (Å²) in [6.07, 6.45) is 0. The van der Waals surface area contributed by atoms with Crippen molar-refractivity contribution in [1.82, 2.24) is 9.88 Å². The molecule has 0 saturated heterocycles. The molecule has 0 aliphatic heterocycles. The molecule has 0 atom stereocenters. The third-order valence-corrected chi connectivity index (χ3v) is 2.85. The molecule has 90 valence electrons. The van der Waals surface area contributed by atoms with Crippen LogP contribution >= 0.6 is 0 Å². The van der Waals surface area contributed by atoms with Crippen molar-refractivity contribution in [2.45, 2.75) is 26.8 Å². The van der Waals surface area contributed by atoms with Gasteiger partial charge in [0.2, 0.25) is 0 Å². The Morgan fingerprint density at radius 1 is 1.29 bits per heavy atom. The monoisotopic (exact) mass is 230 g/mol. The van der Waals surface area contributed by atoms with Gasteiger partial charge in [-0.15, -0.1) is 0 Å². The van der Waals surface area contributed by atoms with Crippen molar-refractivity contribution in [3.8, 4) is 0 Å². The maximum atomic E-state index is 12.0. The first-order valence-corrected chi connectivity index (χ1v) is 5.86. The van der Waals surface area contributed by atoms with Crippen LogP contribution in [0.15, 0.2) is 24.3 Å². The van der Waals surface area contributed by atoms with Crippen molar-refractivity contribution < 1.29 is 4.79 Å². The van der Waals surface area contributed by atoms with Crippen LogP contribution in [0.3, 0.4) is 0 Å². The highest BCUT2D eigenvalue weighted by molar-refractivity contribution is 5.98. The first-order valence-electron chi connectivity index (χ1n) is 5.86. The van der Waals surface area contributed by atoms with Crippen molar-refractivity contribution in [2.24, 2.45) is 7.05 Å². The van der Waals surface area contributed by atoms with Gasteiger partial charge in [-0.1, -0.05) is 12.1 Å². The van der Waals surface area contributed by atoms with Crippen LogP contribution in [0.4, 0.5) is 0 Å². The molecular formula is C14H18N2O. The normalized spacial score (nSPS) is 11.1. The van der Waals surface area contributed by atoms with Crippen LogP contribution in [0, 0.1) is 6.92 Å². The Morgan fingerprint density at radius 2 is 2.00 bits per heavy atom. The summed E-state index contributed by atoms with van der Waals surface area (Å²) in [7, 11) is 1.93. The quantitative estimate of drug-likeness (QED) is 0.845. The Morgan fingerprint density at radius 3 is 2.65 bits per heavy atom. The van der Waals surface area contributed by atoms with Crippen LogP contribution in [0.25, 0.3) is 10.9 Å². The van der Waals surface area contributed by atoms with Gasteiger partial charge in [0.05, 0.1) is 0 Å². The molecule has 0 bridgehead atoms. The Bertz CT molecular complexity index is 567. The molecule has 0 radical (unpaired) electrons. The summed E-state index contributed by atoms with van der Waals surface area (Å²) in [4.78, 5) is 12.0. The summed E-state index contributed by atoms with van der Waals surface area (Å²) in [5, 5.41) is 4.02. The lowest BCUT2D eigenvalue weighted by molar-refractivity contribution is 0.0935. The van der Waals surface area contributed by atoms with Crippen LogP contribution < -0.4 is 5.32 Å². The molecule has 0 unspecified atom stereocenters. The second-order valence-electron chi connectivity index (χ2n) is 4.78. The van der Waals surface area contributed by atoms with E-state index in [4.69, 9.17) is 0 Å². The van der Waals surface area contributed by atoms with E-state index in [1.165, 1.54) is 5.56 Å². The molecule has 0 fully saturated rings. The zero-order chi connectivity index (χ0) is 12.6. The SMILES string of the molecule is Cc1ccc2cc(C(=O)NC(C)C)n(C)c2c1. The molecule has 1 amide bonds. The zero-order valence-electron chi connectivity index (χ0n) is 10.7. The minimum atomic E-state index is -0.0173. The fourth-order valence-electron chi connectivity index (χ4n) is 1.99. The van der Waals surface area contributed by atoms with Gasteiger partial charge in [0, 0.05) is 24.0 Å². The molecule has 1 N–H and O–H groups in total. The highest BCUT2D eigenvalue weighted by Crippen LogP contribution is 2.20. The number of nitrogens with zero attached hydrogens (tertiary/aromatic N) is 1. The predicted octanol–water partition coefficient (Wildman–Crippen LogP) is 2.62. The largest absolute Gasteiger partial charge is 0.349 e. The predicted molar refractivity (Wildman–Crippen MR) is 70.3 cm³/mol. The van der Waals surface area contributed by atoms with Gasteiger partial charge in [-0.3, -0.25) is 4.79 Å². The van der Waals surface area contributed by atoms with E-state index in [0.29, 0.717) is 5.69 Å². The van der Waals surface area contributed by atoms with Crippen molar-refractivity contribution in [1.29, 1.82) is 0 Å². The fraction of sp³-hybridized carbons (Fsp3) is 0.357. The Kier molecular flexibility index (Phi) is 2.92. The summed E-state index contributed by atoms with van der Waals surface area (Å²) in [5.41, 5.74) is 3.01. The van der Waals surface area contributed by atoms with E-state index in [1.807, 2.05) is 31.5 Å². The molecule has 3 nitrogen and oxygen atoms in total. The molecule has 17 heavy (non-hydrogen) atoms. The topological polar surface area (TPSA) is 34.0 Å². The maximum absolute atomic E-state index is 12.0. The third-order valence-electron chi connectivity index (χ3n) is 2.85. The second-order valence-corrected chi connectivity index (χ2v) is 4.78. The summed E-state index contributed by atoms with van der Waals surface area (Å²) in [5.74, 6) is -0.0173. The van der Waals surface area contributed by atoms with E-state index < -0.39 is 0 Å². The zero-order valence-corrected chi connectivity index (χ0v) is 10.7. The standard InChI is InChI=1S/C14H18N2O/c1-9(2)15-14(17)13-8-11-6-5-10(3)7-12(11)16(13)4/h5-9H,1-4H3,(H,15,17). The van der Waals surface area contributed by atoms with E-state index in [1.54, 1.807) is 0 Å². The van der Waals surface area contributed by atoms with E-state index in [9.17, 15) is 4.79 Å². The Hall–Kier alpha value is -1.77. The van der Waals surface area contributed by atoms with Crippen LogP contribution in [-0.4, -0.2) is 16.5 Å². The molecule has 3 heteroatoms. The molecule has 2 rings (SSSR count). The molecular weight excluding hydrogens is 212 g/mol. The lowest BCUT2D eigenvalue weighted by atomic mass is 10.2. The van der Waals surface area contributed by atoms with Crippen LogP contribution in [0.2, 0.25) is 0 Å². The van der Waals surface area contributed by atoms with Gasteiger partial charge in [-0.25, -0.2) is 0 Å². The molecule has 0 saturated carbocycles. The number of fused-ring (bicyclic) bond motifs is 1. The number of nitrogens with one attached hydrogen (secondary N) is 1. The van der Waals surface area contributed by atoms with Gasteiger partial charge < -0.3 is 9.88 Å². The van der Waals surface area contributed by atoms with E-state index in [2.05, 4.69) is 30.4 Å².